The van der Waals surface area contributed by atoms with Crippen LogP contribution < -0.4 is 17.0 Å². The van der Waals surface area contributed by atoms with E-state index < -0.39 is 0 Å². The highest BCUT2D eigenvalue weighted by molar-refractivity contribution is 7.98. The number of amides is 1. The van der Waals surface area contributed by atoms with Crippen molar-refractivity contribution >= 4 is 34.7 Å². The predicted octanol–water partition coefficient (Wildman–Crippen LogP) is 1.93. The van der Waals surface area contributed by atoms with Crippen molar-refractivity contribution in [3.63, 3.8) is 0 Å². The third kappa shape index (κ3) is 3.25. The lowest BCUT2D eigenvalue weighted by molar-refractivity contribution is 0.0953. The van der Waals surface area contributed by atoms with E-state index in [1.54, 1.807) is 11.8 Å². The summed E-state index contributed by atoms with van der Waals surface area (Å²) in [6, 6.07) is 5.93. The van der Waals surface area contributed by atoms with Gasteiger partial charge >= 0.3 is 0 Å². The SMILES string of the molecule is Cc1cccc(SCc2csc(C(=O)NN)n2)c1N. The largest absolute Gasteiger partial charge is 0.398 e. The first-order chi connectivity index (χ1) is 9.11. The third-order valence-corrected chi connectivity index (χ3v) is 4.53. The molecule has 0 aliphatic rings. The number of aryl methyl sites for hydroxylation is 1. The lowest BCUT2D eigenvalue weighted by Gasteiger charge is -2.06. The molecule has 2 aromatic rings. The van der Waals surface area contributed by atoms with Crippen molar-refractivity contribution in [2.75, 3.05) is 5.73 Å². The number of para-hydroxylation sites is 1. The number of nitrogens with one attached hydrogen (secondary N) is 1. The second-order valence-electron chi connectivity index (χ2n) is 3.89. The summed E-state index contributed by atoms with van der Waals surface area (Å²) >= 11 is 2.88. The molecule has 1 amide bonds. The number of nitrogens with zero attached hydrogens (tertiary/aromatic N) is 1. The second-order valence-corrected chi connectivity index (χ2v) is 5.77. The van der Waals surface area contributed by atoms with Gasteiger partial charge in [0.15, 0.2) is 5.01 Å². The summed E-state index contributed by atoms with van der Waals surface area (Å²) in [6.45, 7) is 1.98. The minimum atomic E-state index is -0.365. The van der Waals surface area contributed by atoms with E-state index in [-0.39, 0.29) is 5.91 Å². The van der Waals surface area contributed by atoms with Crippen molar-refractivity contribution in [3.8, 4) is 0 Å². The van der Waals surface area contributed by atoms with Gasteiger partial charge in [0.2, 0.25) is 0 Å². The standard InChI is InChI=1S/C12H14N4OS2/c1-7-3-2-4-9(10(7)13)18-5-8-6-19-12(15-8)11(17)16-14/h2-4,6H,5,13-14H2,1H3,(H,16,17). The molecule has 1 aromatic heterocycles. The normalized spacial score (nSPS) is 10.4. The second kappa shape index (κ2) is 6.05. The van der Waals surface area contributed by atoms with E-state index in [4.69, 9.17) is 11.6 Å². The molecule has 1 aromatic carbocycles. The monoisotopic (exact) mass is 294 g/mol. The van der Waals surface area contributed by atoms with E-state index in [0.29, 0.717) is 10.8 Å². The molecule has 0 saturated heterocycles. The molecule has 5 nitrogen and oxygen atoms in total. The maximum atomic E-state index is 11.3. The molecule has 7 heteroatoms. The minimum absolute atomic E-state index is 0.365. The lowest BCUT2D eigenvalue weighted by Crippen LogP contribution is -2.29. The quantitative estimate of drug-likeness (QED) is 0.263. The molecule has 0 radical (unpaired) electrons. The van der Waals surface area contributed by atoms with Gasteiger partial charge in [0.05, 0.1) is 5.69 Å². The summed E-state index contributed by atoms with van der Waals surface area (Å²) in [6.07, 6.45) is 0. The summed E-state index contributed by atoms with van der Waals surface area (Å²) < 4.78 is 0. The van der Waals surface area contributed by atoms with Crippen LogP contribution in [0.25, 0.3) is 0 Å². The average molecular weight is 294 g/mol. The molecular formula is C12H14N4OS2. The van der Waals surface area contributed by atoms with E-state index >= 15 is 0 Å². The van der Waals surface area contributed by atoms with Gasteiger partial charge in [-0.25, -0.2) is 10.8 Å². The number of rotatable bonds is 4. The highest BCUT2D eigenvalue weighted by atomic mass is 32.2. The van der Waals surface area contributed by atoms with Gasteiger partial charge in [-0.05, 0) is 18.6 Å². The molecule has 0 unspecified atom stereocenters. The molecule has 0 fully saturated rings. The Morgan fingerprint density at radius 2 is 2.32 bits per heavy atom. The zero-order valence-corrected chi connectivity index (χ0v) is 12.0. The first kappa shape index (κ1) is 13.9. The number of hydrogen-bond donors (Lipinski definition) is 3. The van der Waals surface area contributed by atoms with Gasteiger partial charge in [0, 0.05) is 21.7 Å². The van der Waals surface area contributed by atoms with Gasteiger partial charge in [0.1, 0.15) is 0 Å². The van der Waals surface area contributed by atoms with Crippen LogP contribution in [0.1, 0.15) is 21.1 Å². The fourth-order valence-electron chi connectivity index (χ4n) is 1.47. The average Bonchev–Trinajstić information content (AvgIpc) is 2.88. The van der Waals surface area contributed by atoms with Gasteiger partial charge in [-0.15, -0.1) is 23.1 Å². The highest BCUT2D eigenvalue weighted by Gasteiger charge is 2.10. The molecule has 0 bridgehead atoms. The number of hydrogen-bond acceptors (Lipinski definition) is 6. The van der Waals surface area contributed by atoms with Crippen molar-refractivity contribution in [1.82, 2.24) is 10.4 Å². The van der Waals surface area contributed by atoms with E-state index in [2.05, 4.69) is 10.4 Å². The Morgan fingerprint density at radius 3 is 3.05 bits per heavy atom. The summed E-state index contributed by atoms with van der Waals surface area (Å²) in [7, 11) is 0. The van der Waals surface area contributed by atoms with Crippen molar-refractivity contribution in [2.45, 2.75) is 17.6 Å². The van der Waals surface area contributed by atoms with Gasteiger partial charge in [0.25, 0.3) is 5.91 Å². The number of nitrogen functional groups attached to an aromatic ring is 2. The Kier molecular flexibility index (Phi) is 4.41. The van der Waals surface area contributed by atoms with Crippen molar-refractivity contribution in [2.24, 2.45) is 5.84 Å². The van der Waals surface area contributed by atoms with Crippen LogP contribution in [0.15, 0.2) is 28.5 Å². The molecule has 5 N–H and O–H groups in total. The molecule has 0 aliphatic carbocycles. The van der Waals surface area contributed by atoms with Gasteiger partial charge in [-0.2, -0.15) is 0 Å². The van der Waals surface area contributed by atoms with Crippen LogP contribution in [0.5, 0.6) is 0 Å². The van der Waals surface area contributed by atoms with Gasteiger partial charge in [-0.3, -0.25) is 10.2 Å². The minimum Gasteiger partial charge on any atom is -0.398 e. The number of thiazole rings is 1. The van der Waals surface area contributed by atoms with Crippen LogP contribution in [-0.2, 0) is 5.75 Å². The van der Waals surface area contributed by atoms with Crippen molar-refractivity contribution in [3.05, 3.63) is 39.8 Å². The molecule has 0 aliphatic heterocycles. The topological polar surface area (TPSA) is 94.0 Å². The molecular weight excluding hydrogens is 280 g/mol. The van der Waals surface area contributed by atoms with Crippen LogP contribution in [0.2, 0.25) is 0 Å². The zero-order chi connectivity index (χ0) is 13.8. The summed E-state index contributed by atoms with van der Waals surface area (Å²) in [5.74, 6) is 5.36. The maximum Gasteiger partial charge on any atom is 0.294 e. The van der Waals surface area contributed by atoms with E-state index in [1.807, 2.05) is 30.5 Å². The number of benzene rings is 1. The Labute approximate surface area is 119 Å². The van der Waals surface area contributed by atoms with E-state index in [1.165, 1.54) is 11.3 Å². The Bertz CT molecular complexity index is 597. The Morgan fingerprint density at radius 1 is 1.53 bits per heavy atom. The third-order valence-electron chi connectivity index (χ3n) is 2.54. The van der Waals surface area contributed by atoms with Gasteiger partial charge < -0.3 is 5.73 Å². The molecule has 19 heavy (non-hydrogen) atoms. The van der Waals surface area contributed by atoms with Crippen LogP contribution in [-0.4, -0.2) is 10.9 Å². The molecule has 0 atom stereocenters. The number of aromatic nitrogens is 1. The molecule has 0 saturated carbocycles. The fourth-order valence-corrected chi connectivity index (χ4v) is 3.24. The first-order valence-electron chi connectivity index (χ1n) is 5.55. The molecule has 2 rings (SSSR count). The number of hydrazine groups is 1. The lowest BCUT2D eigenvalue weighted by atomic mass is 10.2. The van der Waals surface area contributed by atoms with Crippen LogP contribution in [0, 0.1) is 6.92 Å². The molecule has 1 heterocycles. The highest BCUT2D eigenvalue weighted by Crippen LogP contribution is 2.30. The van der Waals surface area contributed by atoms with E-state index in [0.717, 1.165) is 21.8 Å². The summed E-state index contributed by atoms with van der Waals surface area (Å²) in [4.78, 5) is 16.5. The fraction of sp³-hybridized carbons (Fsp3) is 0.167. The number of anilines is 1. The van der Waals surface area contributed by atoms with Crippen LogP contribution in [0.4, 0.5) is 5.69 Å². The summed E-state index contributed by atoms with van der Waals surface area (Å²) in [5, 5.41) is 2.22. The Hall–Kier alpha value is -1.57. The number of carbonyl (C=O) groups is 1. The van der Waals surface area contributed by atoms with Crippen LogP contribution in [0.3, 0.4) is 0 Å². The first-order valence-corrected chi connectivity index (χ1v) is 7.41. The maximum absolute atomic E-state index is 11.3. The summed E-state index contributed by atoms with van der Waals surface area (Å²) in [5.41, 5.74) is 10.8. The number of thioether (sulfide) groups is 1. The molecule has 100 valence electrons. The molecule has 0 spiro atoms. The predicted molar refractivity (Wildman–Crippen MR) is 78.9 cm³/mol. The van der Waals surface area contributed by atoms with Crippen LogP contribution >= 0.6 is 23.1 Å². The number of carbonyl (C=O) groups excluding carboxylic acids is 1. The zero-order valence-electron chi connectivity index (χ0n) is 10.3. The van der Waals surface area contributed by atoms with E-state index in [9.17, 15) is 4.79 Å². The van der Waals surface area contributed by atoms with Crippen molar-refractivity contribution < 1.29 is 4.79 Å². The number of nitrogens with two attached hydrogens (primary N) is 2. The Balaban J connectivity index is 2.04. The van der Waals surface area contributed by atoms with Crippen molar-refractivity contribution in [1.29, 1.82) is 0 Å². The smallest absolute Gasteiger partial charge is 0.294 e. The van der Waals surface area contributed by atoms with Gasteiger partial charge in [-0.1, -0.05) is 12.1 Å².